The van der Waals surface area contributed by atoms with Gasteiger partial charge >= 0.3 is 0 Å². The van der Waals surface area contributed by atoms with E-state index < -0.39 is 5.25 Å². The van der Waals surface area contributed by atoms with Crippen molar-refractivity contribution in [2.75, 3.05) is 5.32 Å². The van der Waals surface area contributed by atoms with Crippen LogP contribution in [0, 0.1) is 6.92 Å². The van der Waals surface area contributed by atoms with Crippen molar-refractivity contribution in [2.45, 2.75) is 18.6 Å². The molecule has 1 heterocycles. The van der Waals surface area contributed by atoms with Gasteiger partial charge in [0.1, 0.15) is 4.32 Å². The Bertz CT molecular complexity index is 563. The molecule has 1 aromatic rings. The number of rotatable bonds is 3. The first-order valence-corrected chi connectivity index (χ1v) is 7.20. The molecular formula is C12H11ClN2O2S2. The van der Waals surface area contributed by atoms with E-state index in [0.29, 0.717) is 15.0 Å². The normalized spacial score (nSPS) is 18.3. The van der Waals surface area contributed by atoms with E-state index in [4.69, 9.17) is 23.8 Å². The van der Waals surface area contributed by atoms with E-state index in [9.17, 15) is 9.59 Å². The van der Waals surface area contributed by atoms with E-state index in [-0.39, 0.29) is 18.2 Å². The molecule has 0 saturated carbocycles. The van der Waals surface area contributed by atoms with Gasteiger partial charge < -0.3 is 10.6 Å². The molecule has 0 radical (unpaired) electrons. The van der Waals surface area contributed by atoms with Crippen LogP contribution in [0.5, 0.6) is 0 Å². The van der Waals surface area contributed by atoms with E-state index in [1.165, 1.54) is 11.8 Å². The van der Waals surface area contributed by atoms with Crippen LogP contribution in [0.1, 0.15) is 12.0 Å². The Hall–Kier alpha value is -1.11. The number of thioether (sulfide) groups is 1. The number of benzene rings is 1. The summed E-state index contributed by atoms with van der Waals surface area (Å²) >= 11 is 12.0. The third-order valence-corrected chi connectivity index (χ3v) is 4.37. The predicted molar refractivity (Wildman–Crippen MR) is 81.6 cm³/mol. The lowest BCUT2D eigenvalue weighted by molar-refractivity contribution is -0.122. The van der Waals surface area contributed by atoms with Crippen LogP contribution in [0.3, 0.4) is 0 Å². The van der Waals surface area contributed by atoms with E-state index in [1.807, 2.05) is 13.0 Å². The highest BCUT2D eigenvalue weighted by Crippen LogP contribution is 2.24. The van der Waals surface area contributed by atoms with E-state index >= 15 is 0 Å². The first-order valence-electron chi connectivity index (χ1n) is 5.53. The number of thiocarbonyl (C=S) groups is 1. The molecule has 19 heavy (non-hydrogen) atoms. The number of hydrogen-bond donors (Lipinski definition) is 2. The molecule has 7 heteroatoms. The number of amides is 2. The minimum Gasteiger partial charge on any atom is -0.326 e. The number of carbonyl (C=O) groups excluding carboxylic acids is 2. The third kappa shape index (κ3) is 3.68. The van der Waals surface area contributed by atoms with Crippen LogP contribution in [-0.2, 0) is 9.59 Å². The smallest absolute Gasteiger partial charge is 0.239 e. The zero-order chi connectivity index (χ0) is 14.0. The molecule has 2 N–H and O–H groups in total. The third-order valence-electron chi connectivity index (χ3n) is 2.59. The monoisotopic (exact) mass is 314 g/mol. The molecule has 0 bridgehead atoms. The highest BCUT2D eigenvalue weighted by atomic mass is 35.5. The number of hydrogen-bond acceptors (Lipinski definition) is 4. The largest absolute Gasteiger partial charge is 0.326 e. The van der Waals surface area contributed by atoms with Gasteiger partial charge in [-0.3, -0.25) is 9.59 Å². The summed E-state index contributed by atoms with van der Waals surface area (Å²) in [5.74, 6) is -0.454. The van der Waals surface area contributed by atoms with Crippen molar-refractivity contribution in [2.24, 2.45) is 0 Å². The summed E-state index contributed by atoms with van der Waals surface area (Å²) in [4.78, 5) is 23.3. The quantitative estimate of drug-likeness (QED) is 0.842. The average Bonchev–Trinajstić information content (AvgIpc) is 2.62. The van der Waals surface area contributed by atoms with Crippen molar-refractivity contribution in [1.82, 2.24) is 5.32 Å². The first kappa shape index (κ1) is 14.3. The van der Waals surface area contributed by atoms with Crippen LogP contribution >= 0.6 is 35.6 Å². The summed E-state index contributed by atoms with van der Waals surface area (Å²) in [7, 11) is 0. The highest BCUT2D eigenvalue weighted by molar-refractivity contribution is 8.24. The van der Waals surface area contributed by atoms with Crippen molar-refractivity contribution >= 4 is 57.4 Å². The average molecular weight is 315 g/mol. The van der Waals surface area contributed by atoms with Crippen LogP contribution in [0.4, 0.5) is 5.69 Å². The van der Waals surface area contributed by atoms with Crippen LogP contribution in [0.15, 0.2) is 18.2 Å². The Morgan fingerprint density at radius 2 is 2.32 bits per heavy atom. The van der Waals surface area contributed by atoms with E-state index in [1.54, 1.807) is 12.1 Å². The molecule has 2 amide bonds. The molecule has 4 nitrogen and oxygen atoms in total. The maximum Gasteiger partial charge on any atom is 0.239 e. The Balaban J connectivity index is 1.96. The number of carbonyl (C=O) groups is 2. The van der Waals surface area contributed by atoms with Crippen molar-refractivity contribution in [3.63, 3.8) is 0 Å². The van der Waals surface area contributed by atoms with Gasteiger partial charge in [-0.1, -0.05) is 41.6 Å². The minimum atomic E-state index is -0.451. The van der Waals surface area contributed by atoms with Gasteiger partial charge in [-0.05, 0) is 24.6 Å². The lowest BCUT2D eigenvalue weighted by Crippen LogP contribution is -2.27. The molecule has 0 aliphatic carbocycles. The van der Waals surface area contributed by atoms with Crippen molar-refractivity contribution in [1.29, 1.82) is 0 Å². The van der Waals surface area contributed by atoms with Gasteiger partial charge in [-0.2, -0.15) is 0 Å². The highest BCUT2D eigenvalue weighted by Gasteiger charge is 2.30. The second kappa shape index (κ2) is 5.90. The van der Waals surface area contributed by atoms with Crippen LogP contribution in [-0.4, -0.2) is 21.4 Å². The zero-order valence-corrected chi connectivity index (χ0v) is 12.4. The summed E-state index contributed by atoms with van der Waals surface area (Å²) in [5, 5.41) is 5.36. The summed E-state index contributed by atoms with van der Waals surface area (Å²) in [6.45, 7) is 1.88. The SMILES string of the molecule is Cc1ccc(NC(=O)C[C@H]2SC(=S)NC2=O)cc1Cl. The van der Waals surface area contributed by atoms with E-state index in [2.05, 4.69) is 10.6 Å². The second-order valence-electron chi connectivity index (χ2n) is 4.10. The predicted octanol–water partition coefficient (Wildman–Crippen LogP) is 2.49. The fourth-order valence-corrected chi connectivity index (χ4v) is 3.03. The van der Waals surface area contributed by atoms with Crippen molar-refractivity contribution < 1.29 is 9.59 Å². The van der Waals surface area contributed by atoms with Gasteiger partial charge in [-0.25, -0.2) is 0 Å². The lowest BCUT2D eigenvalue weighted by atomic mass is 10.2. The lowest BCUT2D eigenvalue weighted by Gasteiger charge is -2.08. The fourth-order valence-electron chi connectivity index (χ4n) is 1.58. The Kier molecular flexibility index (Phi) is 4.44. The maximum absolute atomic E-state index is 11.8. The van der Waals surface area contributed by atoms with Gasteiger partial charge in [-0.15, -0.1) is 0 Å². The van der Waals surface area contributed by atoms with E-state index in [0.717, 1.165) is 5.56 Å². The number of aryl methyl sites for hydroxylation is 1. The molecule has 100 valence electrons. The van der Waals surface area contributed by atoms with Gasteiger partial charge in [0.2, 0.25) is 11.8 Å². The molecule has 0 spiro atoms. The topological polar surface area (TPSA) is 58.2 Å². The molecule has 1 aromatic carbocycles. The first-order chi connectivity index (χ1) is 8.95. The maximum atomic E-state index is 11.8. The zero-order valence-electron chi connectivity index (χ0n) is 10.0. The molecule has 1 aliphatic heterocycles. The number of nitrogens with one attached hydrogen (secondary N) is 2. The Morgan fingerprint density at radius 1 is 1.58 bits per heavy atom. The summed E-state index contributed by atoms with van der Waals surface area (Å²) in [5.41, 5.74) is 1.56. The molecule has 2 rings (SSSR count). The van der Waals surface area contributed by atoms with Crippen LogP contribution in [0.2, 0.25) is 5.02 Å². The van der Waals surface area contributed by atoms with Crippen LogP contribution in [0.25, 0.3) is 0 Å². The van der Waals surface area contributed by atoms with Gasteiger partial charge in [0, 0.05) is 17.1 Å². The fraction of sp³-hybridized carbons (Fsp3) is 0.250. The number of anilines is 1. The Labute approximate surface area is 125 Å². The molecular weight excluding hydrogens is 304 g/mol. The van der Waals surface area contributed by atoms with Crippen molar-refractivity contribution in [3.05, 3.63) is 28.8 Å². The van der Waals surface area contributed by atoms with Gasteiger partial charge in [0.15, 0.2) is 0 Å². The molecule has 1 aliphatic rings. The number of halogens is 1. The van der Waals surface area contributed by atoms with Gasteiger partial charge in [0.05, 0.1) is 5.25 Å². The Morgan fingerprint density at radius 3 is 2.89 bits per heavy atom. The summed E-state index contributed by atoms with van der Waals surface area (Å²) in [6.07, 6.45) is 0.0855. The van der Waals surface area contributed by atoms with Crippen molar-refractivity contribution in [3.8, 4) is 0 Å². The minimum absolute atomic E-state index is 0.0855. The summed E-state index contributed by atoms with van der Waals surface area (Å²) < 4.78 is 0.418. The van der Waals surface area contributed by atoms with Crippen LogP contribution < -0.4 is 10.6 Å². The molecule has 1 atom stereocenters. The van der Waals surface area contributed by atoms with Gasteiger partial charge in [0.25, 0.3) is 0 Å². The molecule has 0 unspecified atom stereocenters. The molecule has 1 fully saturated rings. The second-order valence-corrected chi connectivity index (χ2v) is 6.39. The molecule has 0 aromatic heterocycles. The standard InChI is InChI=1S/C12H11ClN2O2S2/c1-6-2-3-7(4-8(6)13)14-10(16)5-9-11(17)15-12(18)19-9/h2-4,9H,5H2,1H3,(H,14,16)(H,15,17,18)/t9-/m1/s1. The summed E-state index contributed by atoms with van der Waals surface area (Å²) in [6, 6.07) is 5.27. The molecule has 1 saturated heterocycles.